The summed E-state index contributed by atoms with van der Waals surface area (Å²) in [6, 6.07) is 11.0. The van der Waals surface area contributed by atoms with E-state index < -0.39 is 0 Å². The van der Waals surface area contributed by atoms with Gasteiger partial charge in [-0.15, -0.1) is 11.6 Å². The fourth-order valence-corrected chi connectivity index (χ4v) is 3.89. The van der Waals surface area contributed by atoms with Crippen LogP contribution in [0.1, 0.15) is 51.2 Å². The van der Waals surface area contributed by atoms with E-state index in [9.17, 15) is 5.26 Å². The highest BCUT2D eigenvalue weighted by Gasteiger charge is 2.31. The Kier molecular flexibility index (Phi) is 12.4. The van der Waals surface area contributed by atoms with Crippen molar-refractivity contribution in [3.05, 3.63) is 70.8 Å². The number of hydrogen-bond donors (Lipinski definition) is 1. The second kappa shape index (κ2) is 14.2. The summed E-state index contributed by atoms with van der Waals surface area (Å²) in [6.07, 6.45) is 8.15. The van der Waals surface area contributed by atoms with E-state index in [1.54, 1.807) is 6.08 Å². The number of rotatable bonds is 9. The molecule has 0 aromatic heterocycles. The first-order valence-electron chi connectivity index (χ1n) is 10.8. The monoisotopic (exact) mass is 412 g/mol. The maximum atomic E-state index is 9.38. The van der Waals surface area contributed by atoms with Crippen molar-refractivity contribution in [3.63, 3.8) is 0 Å². The van der Waals surface area contributed by atoms with E-state index in [0.717, 1.165) is 18.4 Å². The molecular weight excluding hydrogens is 376 g/mol. The van der Waals surface area contributed by atoms with Gasteiger partial charge in [0.05, 0.1) is 11.6 Å². The summed E-state index contributed by atoms with van der Waals surface area (Å²) in [6.45, 7) is 15.1. The van der Waals surface area contributed by atoms with E-state index in [1.807, 2.05) is 6.08 Å². The third-order valence-corrected chi connectivity index (χ3v) is 5.49. The van der Waals surface area contributed by atoms with Gasteiger partial charge in [0.25, 0.3) is 0 Å². The van der Waals surface area contributed by atoms with Crippen molar-refractivity contribution in [1.82, 2.24) is 5.32 Å². The SMILES string of the molecule is C=CC1=C(/C(C#N)=C\CCl)C[C@H](C)C1Cc1ccc(C)cc1.CCCNCCC. The molecule has 1 aliphatic rings. The summed E-state index contributed by atoms with van der Waals surface area (Å²) in [7, 11) is 0. The molecule has 158 valence electrons. The molecule has 0 fully saturated rings. The quantitative estimate of drug-likeness (QED) is 0.276. The smallest absolute Gasteiger partial charge is 0.0991 e. The Morgan fingerprint density at radius 1 is 1.24 bits per heavy atom. The molecule has 0 amide bonds. The number of allylic oxidation sites excluding steroid dienone is 5. The van der Waals surface area contributed by atoms with Crippen LogP contribution in [0.2, 0.25) is 0 Å². The van der Waals surface area contributed by atoms with Crippen LogP contribution in [0.3, 0.4) is 0 Å². The zero-order valence-electron chi connectivity index (χ0n) is 18.6. The second-order valence-electron chi connectivity index (χ2n) is 7.75. The van der Waals surface area contributed by atoms with Gasteiger partial charge in [-0.3, -0.25) is 0 Å². The van der Waals surface area contributed by atoms with Crippen molar-refractivity contribution in [2.24, 2.45) is 11.8 Å². The predicted molar refractivity (Wildman–Crippen MR) is 127 cm³/mol. The number of alkyl halides is 1. The van der Waals surface area contributed by atoms with Gasteiger partial charge in [0.2, 0.25) is 0 Å². The molecule has 0 saturated heterocycles. The Balaban J connectivity index is 0.000000516. The molecule has 2 nitrogen and oxygen atoms in total. The molecule has 0 aliphatic heterocycles. The van der Waals surface area contributed by atoms with Gasteiger partial charge in [0.15, 0.2) is 0 Å². The van der Waals surface area contributed by atoms with Gasteiger partial charge in [-0.05, 0) is 74.2 Å². The van der Waals surface area contributed by atoms with Gasteiger partial charge in [-0.25, -0.2) is 0 Å². The van der Waals surface area contributed by atoms with Gasteiger partial charge < -0.3 is 5.32 Å². The number of nitrogens with zero attached hydrogens (tertiary/aromatic N) is 1. The van der Waals surface area contributed by atoms with Gasteiger partial charge in [-0.1, -0.05) is 69.3 Å². The first kappa shape index (κ1) is 25.2. The molecule has 0 saturated carbocycles. The number of nitrogens with one attached hydrogen (secondary N) is 1. The summed E-state index contributed by atoms with van der Waals surface area (Å²) in [5.74, 6) is 1.30. The second-order valence-corrected chi connectivity index (χ2v) is 8.06. The highest BCUT2D eigenvalue weighted by atomic mass is 35.5. The highest BCUT2D eigenvalue weighted by Crippen LogP contribution is 2.42. The lowest BCUT2D eigenvalue weighted by atomic mass is 9.86. The van der Waals surface area contributed by atoms with Crippen molar-refractivity contribution < 1.29 is 0 Å². The van der Waals surface area contributed by atoms with E-state index in [-0.39, 0.29) is 0 Å². The molecule has 2 atom stereocenters. The molecule has 29 heavy (non-hydrogen) atoms. The molecule has 0 radical (unpaired) electrons. The number of nitriles is 1. The third kappa shape index (κ3) is 8.21. The number of aryl methyl sites for hydroxylation is 1. The minimum absolute atomic E-state index is 0.369. The molecule has 2 rings (SSSR count). The van der Waals surface area contributed by atoms with Crippen molar-refractivity contribution in [1.29, 1.82) is 5.26 Å². The Hall–Kier alpha value is -1.82. The lowest BCUT2D eigenvalue weighted by Gasteiger charge is -2.18. The van der Waals surface area contributed by atoms with Crippen LogP contribution in [0.15, 0.2) is 59.7 Å². The number of halogens is 1. The van der Waals surface area contributed by atoms with Crippen LogP contribution in [0.25, 0.3) is 0 Å². The molecule has 1 aromatic rings. The normalized spacial score (nSPS) is 18.8. The van der Waals surface area contributed by atoms with Gasteiger partial charge in [0.1, 0.15) is 0 Å². The van der Waals surface area contributed by atoms with Gasteiger partial charge >= 0.3 is 0 Å². The van der Waals surface area contributed by atoms with Crippen molar-refractivity contribution in [2.75, 3.05) is 19.0 Å². The van der Waals surface area contributed by atoms with Crippen LogP contribution < -0.4 is 5.32 Å². The average molecular weight is 413 g/mol. The summed E-state index contributed by atoms with van der Waals surface area (Å²) in [4.78, 5) is 0. The van der Waals surface area contributed by atoms with E-state index in [2.05, 4.69) is 69.9 Å². The fraction of sp³-hybridized carbons (Fsp3) is 0.500. The van der Waals surface area contributed by atoms with Crippen molar-refractivity contribution in [3.8, 4) is 6.07 Å². The van der Waals surface area contributed by atoms with Crippen LogP contribution in [0.5, 0.6) is 0 Å². The topological polar surface area (TPSA) is 35.8 Å². The van der Waals surface area contributed by atoms with E-state index in [0.29, 0.717) is 23.3 Å². The zero-order chi connectivity index (χ0) is 21.6. The lowest BCUT2D eigenvalue weighted by Crippen LogP contribution is -2.14. The van der Waals surface area contributed by atoms with Gasteiger partial charge in [0, 0.05) is 5.88 Å². The predicted octanol–water partition coefficient (Wildman–Crippen LogP) is 6.76. The molecule has 1 aliphatic carbocycles. The first-order chi connectivity index (χ1) is 14.0. The summed E-state index contributed by atoms with van der Waals surface area (Å²) >= 11 is 5.79. The number of hydrogen-bond acceptors (Lipinski definition) is 2. The minimum atomic E-state index is 0.369. The maximum absolute atomic E-state index is 9.38. The Labute approximate surface area is 183 Å². The van der Waals surface area contributed by atoms with E-state index >= 15 is 0 Å². The largest absolute Gasteiger partial charge is 0.317 e. The Morgan fingerprint density at radius 2 is 1.86 bits per heavy atom. The van der Waals surface area contributed by atoms with Gasteiger partial charge in [-0.2, -0.15) is 5.26 Å². The zero-order valence-corrected chi connectivity index (χ0v) is 19.4. The van der Waals surface area contributed by atoms with Crippen LogP contribution in [0.4, 0.5) is 0 Å². The van der Waals surface area contributed by atoms with E-state index in [1.165, 1.54) is 42.6 Å². The maximum Gasteiger partial charge on any atom is 0.0991 e. The molecule has 0 bridgehead atoms. The molecule has 0 heterocycles. The molecule has 3 heteroatoms. The standard InChI is InChI=1S/C20H22ClN.C6H15N/c1-4-18-19(12-16-7-5-14(2)6-8-16)15(3)11-20(18)17(13-22)9-10-21;1-3-5-7-6-4-2/h4-9,15,19H,1,10-12H2,2-3H3;7H,3-6H2,1-2H3/b17-9-;/t15-,19?;/m0./s1. The molecule has 0 spiro atoms. The van der Waals surface area contributed by atoms with E-state index in [4.69, 9.17) is 11.6 Å². The van der Waals surface area contributed by atoms with Crippen LogP contribution in [-0.2, 0) is 6.42 Å². The third-order valence-electron chi connectivity index (χ3n) is 5.34. The highest BCUT2D eigenvalue weighted by molar-refractivity contribution is 6.19. The Bertz CT molecular complexity index is 718. The lowest BCUT2D eigenvalue weighted by molar-refractivity contribution is 0.447. The summed E-state index contributed by atoms with van der Waals surface area (Å²) < 4.78 is 0. The fourth-order valence-electron chi connectivity index (χ4n) is 3.73. The summed E-state index contributed by atoms with van der Waals surface area (Å²) in [5.41, 5.74) is 5.67. The number of benzene rings is 1. The average Bonchev–Trinajstić information content (AvgIpc) is 3.04. The van der Waals surface area contributed by atoms with Crippen LogP contribution in [-0.4, -0.2) is 19.0 Å². The van der Waals surface area contributed by atoms with Crippen molar-refractivity contribution in [2.45, 2.75) is 53.4 Å². The first-order valence-corrected chi connectivity index (χ1v) is 11.3. The minimum Gasteiger partial charge on any atom is -0.317 e. The van der Waals surface area contributed by atoms with Crippen LogP contribution >= 0.6 is 11.6 Å². The van der Waals surface area contributed by atoms with Crippen LogP contribution in [0, 0.1) is 30.1 Å². The molecule has 1 N–H and O–H groups in total. The molecule has 1 unspecified atom stereocenters. The Morgan fingerprint density at radius 3 is 2.34 bits per heavy atom. The molecular formula is C26H37ClN2. The molecule has 1 aromatic carbocycles. The van der Waals surface area contributed by atoms with Crippen molar-refractivity contribution >= 4 is 11.6 Å². The summed E-state index contributed by atoms with van der Waals surface area (Å²) in [5, 5.41) is 12.7.